The van der Waals surface area contributed by atoms with Crippen LogP contribution in [0.1, 0.15) is 35.1 Å². The Morgan fingerprint density at radius 3 is 2.79 bits per heavy atom. The molecule has 1 aliphatic carbocycles. The Kier molecular flexibility index (Phi) is 5.44. The molecule has 2 aromatic heterocycles. The molecule has 0 N–H and O–H groups in total. The van der Waals surface area contributed by atoms with Crippen molar-refractivity contribution >= 4 is 45.6 Å². The zero-order chi connectivity index (χ0) is 19.7. The van der Waals surface area contributed by atoms with Crippen molar-refractivity contribution in [3.63, 3.8) is 0 Å². The van der Waals surface area contributed by atoms with E-state index in [-0.39, 0.29) is 5.91 Å². The summed E-state index contributed by atoms with van der Waals surface area (Å²) >= 11 is 13.5. The Balaban J connectivity index is 1.63. The van der Waals surface area contributed by atoms with Gasteiger partial charge in [0.15, 0.2) is 5.13 Å². The van der Waals surface area contributed by atoms with E-state index in [1.165, 1.54) is 11.3 Å². The van der Waals surface area contributed by atoms with Gasteiger partial charge in [-0.05, 0) is 31.0 Å². The average Bonchev–Trinajstić information content (AvgIpc) is 3.45. The molecule has 1 fully saturated rings. The molecule has 1 aliphatic rings. The molecule has 0 unspecified atom stereocenters. The molecule has 1 aromatic carbocycles. The van der Waals surface area contributed by atoms with Crippen molar-refractivity contribution in [2.24, 2.45) is 0 Å². The summed E-state index contributed by atoms with van der Waals surface area (Å²) in [5.74, 6) is 0.890. The summed E-state index contributed by atoms with van der Waals surface area (Å²) < 4.78 is 0. The van der Waals surface area contributed by atoms with E-state index >= 15 is 0 Å². The fourth-order valence-electron chi connectivity index (χ4n) is 2.72. The van der Waals surface area contributed by atoms with Gasteiger partial charge in [0, 0.05) is 29.6 Å². The van der Waals surface area contributed by atoms with Gasteiger partial charge in [-0.15, -0.1) is 17.9 Å². The van der Waals surface area contributed by atoms with Crippen molar-refractivity contribution < 1.29 is 4.79 Å². The van der Waals surface area contributed by atoms with E-state index in [4.69, 9.17) is 23.2 Å². The Hall–Kier alpha value is -2.28. The largest absolute Gasteiger partial charge is 0.279 e. The Morgan fingerprint density at radius 2 is 2.07 bits per heavy atom. The Bertz CT molecular complexity index is 1050. The van der Waals surface area contributed by atoms with Gasteiger partial charge in [0.25, 0.3) is 5.91 Å². The standard InChI is InChI=1S/C20H16Cl2N4OS/c1-2-9-26(19(27)16-7-8-23-18(24-16)12-3-4-12)20-25-17(11-28-20)13-5-6-14(21)15(22)10-13/h2,5-8,10-12H,1,3-4,9H2. The van der Waals surface area contributed by atoms with Crippen molar-refractivity contribution in [1.82, 2.24) is 15.0 Å². The van der Waals surface area contributed by atoms with Crippen LogP contribution < -0.4 is 4.90 Å². The van der Waals surface area contributed by atoms with Gasteiger partial charge >= 0.3 is 0 Å². The van der Waals surface area contributed by atoms with Gasteiger partial charge < -0.3 is 0 Å². The zero-order valence-corrected chi connectivity index (χ0v) is 17.1. The third kappa shape index (κ3) is 3.94. The number of aromatic nitrogens is 3. The molecule has 0 radical (unpaired) electrons. The lowest BCUT2D eigenvalue weighted by Gasteiger charge is -2.17. The van der Waals surface area contributed by atoms with Crippen LogP contribution in [0.5, 0.6) is 0 Å². The molecule has 0 spiro atoms. The number of hydrogen-bond donors (Lipinski definition) is 0. The molecule has 3 aromatic rings. The summed E-state index contributed by atoms with van der Waals surface area (Å²) in [6.07, 6.45) is 5.46. The highest BCUT2D eigenvalue weighted by Gasteiger charge is 2.28. The van der Waals surface area contributed by atoms with Gasteiger partial charge in [-0.1, -0.05) is 35.3 Å². The van der Waals surface area contributed by atoms with E-state index in [0.29, 0.717) is 33.3 Å². The normalized spacial score (nSPS) is 13.4. The first kappa shape index (κ1) is 19.1. The summed E-state index contributed by atoms with van der Waals surface area (Å²) in [4.78, 5) is 28.0. The molecule has 8 heteroatoms. The van der Waals surface area contributed by atoms with Crippen LogP contribution >= 0.6 is 34.5 Å². The number of nitrogens with zero attached hydrogens (tertiary/aromatic N) is 4. The van der Waals surface area contributed by atoms with Crippen LogP contribution in [-0.4, -0.2) is 27.4 Å². The molecule has 0 bridgehead atoms. The molecule has 28 heavy (non-hydrogen) atoms. The number of amides is 1. The molecule has 5 nitrogen and oxygen atoms in total. The second-order valence-electron chi connectivity index (χ2n) is 6.42. The molecule has 1 amide bonds. The first-order valence-electron chi connectivity index (χ1n) is 8.73. The minimum atomic E-state index is -0.223. The SMILES string of the molecule is C=CCN(C(=O)c1ccnc(C2CC2)n1)c1nc(-c2ccc(Cl)c(Cl)c2)cs1. The number of thiazole rings is 1. The summed E-state index contributed by atoms with van der Waals surface area (Å²) in [5.41, 5.74) is 1.92. The van der Waals surface area contributed by atoms with Gasteiger partial charge in [-0.3, -0.25) is 9.69 Å². The predicted molar refractivity (Wildman–Crippen MR) is 113 cm³/mol. The second-order valence-corrected chi connectivity index (χ2v) is 8.07. The number of hydrogen-bond acceptors (Lipinski definition) is 5. The maximum Gasteiger partial charge on any atom is 0.279 e. The Morgan fingerprint density at radius 1 is 1.25 bits per heavy atom. The van der Waals surface area contributed by atoms with Crippen molar-refractivity contribution in [3.05, 3.63) is 70.1 Å². The summed E-state index contributed by atoms with van der Waals surface area (Å²) in [6, 6.07) is 6.97. The van der Waals surface area contributed by atoms with Crippen LogP contribution in [0.3, 0.4) is 0 Å². The number of rotatable bonds is 6. The first-order valence-corrected chi connectivity index (χ1v) is 10.4. The molecule has 4 rings (SSSR count). The van der Waals surface area contributed by atoms with E-state index < -0.39 is 0 Å². The lowest BCUT2D eigenvalue weighted by atomic mass is 10.2. The van der Waals surface area contributed by atoms with Gasteiger partial charge in [0.2, 0.25) is 0 Å². The molecule has 0 atom stereocenters. The highest BCUT2D eigenvalue weighted by Crippen LogP contribution is 2.38. The van der Waals surface area contributed by atoms with Crippen LogP contribution in [0.15, 0.2) is 48.5 Å². The van der Waals surface area contributed by atoms with Crippen molar-refractivity contribution in [3.8, 4) is 11.3 Å². The average molecular weight is 431 g/mol. The maximum atomic E-state index is 13.1. The fraction of sp³-hybridized carbons (Fsp3) is 0.200. The predicted octanol–water partition coefficient (Wildman–Crippen LogP) is 5.62. The van der Waals surface area contributed by atoms with Crippen LogP contribution in [-0.2, 0) is 0 Å². The highest BCUT2D eigenvalue weighted by atomic mass is 35.5. The van der Waals surface area contributed by atoms with Gasteiger partial charge in [0.05, 0.1) is 15.7 Å². The summed E-state index contributed by atoms with van der Waals surface area (Å²) in [5, 5.41) is 3.40. The lowest BCUT2D eigenvalue weighted by molar-refractivity contribution is 0.0984. The highest BCUT2D eigenvalue weighted by molar-refractivity contribution is 7.14. The number of carbonyl (C=O) groups excluding carboxylic acids is 1. The zero-order valence-electron chi connectivity index (χ0n) is 14.8. The third-order valence-corrected chi connectivity index (χ3v) is 5.93. The molecular formula is C20H16Cl2N4OS. The van der Waals surface area contributed by atoms with E-state index in [1.54, 1.807) is 35.4 Å². The molecular weight excluding hydrogens is 415 g/mol. The third-order valence-electron chi connectivity index (χ3n) is 4.33. The summed E-state index contributed by atoms with van der Waals surface area (Å²) in [6.45, 7) is 4.09. The van der Waals surface area contributed by atoms with Gasteiger partial charge in [0.1, 0.15) is 11.5 Å². The van der Waals surface area contributed by atoms with Gasteiger partial charge in [-0.25, -0.2) is 15.0 Å². The van der Waals surface area contributed by atoms with E-state index in [1.807, 2.05) is 11.4 Å². The van der Waals surface area contributed by atoms with Crippen molar-refractivity contribution in [2.45, 2.75) is 18.8 Å². The maximum absolute atomic E-state index is 13.1. The minimum absolute atomic E-state index is 0.223. The van der Waals surface area contributed by atoms with Crippen LogP contribution in [0.2, 0.25) is 10.0 Å². The van der Waals surface area contributed by atoms with Crippen LogP contribution in [0.4, 0.5) is 5.13 Å². The fourth-order valence-corrected chi connectivity index (χ4v) is 3.86. The summed E-state index contributed by atoms with van der Waals surface area (Å²) in [7, 11) is 0. The number of halogens is 2. The van der Waals surface area contributed by atoms with Crippen molar-refractivity contribution in [1.29, 1.82) is 0 Å². The van der Waals surface area contributed by atoms with E-state index in [2.05, 4.69) is 21.5 Å². The van der Waals surface area contributed by atoms with Crippen LogP contribution in [0.25, 0.3) is 11.3 Å². The number of benzene rings is 1. The number of carbonyl (C=O) groups is 1. The molecule has 0 saturated heterocycles. The molecule has 142 valence electrons. The minimum Gasteiger partial charge on any atom is -0.279 e. The van der Waals surface area contributed by atoms with E-state index in [0.717, 1.165) is 29.9 Å². The topological polar surface area (TPSA) is 59.0 Å². The van der Waals surface area contributed by atoms with Gasteiger partial charge in [-0.2, -0.15) is 0 Å². The molecule has 0 aliphatic heterocycles. The lowest BCUT2D eigenvalue weighted by Crippen LogP contribution is -2.32. The quantitative estimate of drug-likeness (QED) is 0.476. The smallest absolute Gasteiger partial charge is 0.279 e. The molecule has 1 saturated carbocycles. The van der Waals surface area contributed by atoms with E-state index in [9.17, 15) is 4.79 Å². The molecule has 2 heterocycles. The first-order chi connectivity index (χ1) is 13.6. The van der Waals surface area contributed by atoms with Crippen molar-refractivity contribution in [2.75, 3.05) is 11.4 Å². The monoisotopic (exact) mass is 430 g/mol. The Labute approximate surface area is 176 Å². The van der Waals surface area contributed by atoms with Crippen LogP contribution in [0, 0.1) is 0 Å². The number of anilines is 1. The second kappa shape index (κ2) is 7.99.